The number of hydrogen-bond acceptors (Lipinski definition) is 0. The fraction of sp³-hybridized carbons (Fsp3) is 0.429. The van der Waals surface area contributed by atoms with Crippen molar-refractivity contribution in [3.63, 3.8) is 0 Å². The van der Waals surface area contributed by atoms with Crippen LogP contribution in [0, 0.1) is 17.7 Å². The zero-order chi connectivity index (χ0) is 16.4. The van der Waals surface area contributed by atoms with E-state index in [0.717, 1.165) is 12.3 Å². The number of hydrogen-bond donors (Lipinski definition) is 0. The average Bonchev–Trinajstić information content (AvgIpc) is 2.49. The van der Waals surface area contributed by atoms with Gasteiger partial charge >= 0.3 is 0 Å². The highest BCUT2D eigenvalue weighted by atomic mass is 19.1. The van der Waals surface area contributed by atoms with Crippen LogP contribution in [0.3, 0.4) is 0 Å². The summed E-state index contributed by atoms with van der Waals surface area (Å²) in [5, 5.41) is 0. The fourth-order valence-electron chi connectivity index (χ4n) is 2.19. The fourth-order valence-corrected chi connectivity index (χ4v) is 2.19. The van der Waals surface area contributed by atoms with Crippen molar-refractivity contribution >= 4 is 0 Å². The third-order valence-electron chi connectivity index (χ3n) is 3.41. The maximum absolute atomic E-state index is 12.4. The molecular formula is C21H29F. The molecule has 0 aliphatic heterocycles. The van der Waals surface area contributed by atoms with E-state index in [1.54, 1.807) is 0 Å². The normalized spacial score (nSPS) is 10.5. The van der Waals surface area contributed by atoms with Gasteiger partial charge in [0.15, 0.2) is 0 Å². The first kappa shape index (κ1) is 18.4. The molecule has 0 saturated heterocycles. The average molecular weight is 300 g/mol. The Kier molecular flexibility index (Phi) is 8.50. The summed E-state index contributed by atoms with van der Waals surface area (Å²) in [5.74, 6) is 1.30. The van der Waals surface area contributed by atoms with E-state index in [1.807, 2.05) is 12.1 Å². The predicted molar refractivity (Wildman–Crippen MR) is 94.5 cm³/mol. The molecule has 2 aromatic rings. The van der Waals surface area contributed by atoms with E-state index >= 15 is 0 Å². The van der Waals surface area contributed by atoms with Gasteiger partial charge in [-0.1, -0.05) is 70.2 Å². The smallest absolute Gasteiger partial charge is 0.123 e. The van der Waals surface area contributed by atoms with Crippen LogP contribution < -0.4 is 0 Å². The van der Waals surface area contributed by atoms with E-state index < -0.39 is 0 Å². The molecule has 0 radical (unpaired) electrons. The molecule has 0 aliphatic rings. The lowest BCUT2D eigenvalue weighted by molar-refractivity contribution is 0.587. The minimum absolute atomic E-state index is 0.155. The largest absolute Gasteiger partial charge is 0.207 e. The van der Waals surface area contributed by atoms with Crippen LogP contribution in [0.4, 0.5) is 4.39 Å². The molecule has 0 aromatic heterocycles. The lowest BCUT2D eigenvalue weighted by Crippen LogP contribution is -1.93. The van der Waals surface area contributed by atoms with Gasteiger partial charge in [-0.3, -0.25) is 0 Å². The van der Waals surface area contributed by atoms with E-state index in [4.69, 9.17) is 0 Å². The number of rotatable bonds is 5. The van der Waals surface area contributed by atoms with E-state index in [9.17, 15) is 4.39 Å². The SMILES string of the molecule is CC(C)CCc1ccccc1.CC(C)Cc1ccc(F)cc1. The first-order chi connectivity index (χ1) is 10.5. The van der Waals surface area contributed by atoms with E-state index in [2.05, 4.69) is 58.0 Å². The minimum atomic E-state index is -0.155. The Morgan fingerprint density at radius 2 is 1.32 bits per heavy atom. The second-order valence-corrected chi connectivity index (χ2v) is 6.64. The lowest BCUT2D eigenvalue weighted by atomic mass is 10.0. The molecule has 2 rings (SSSR count). The highest BCUT2D eigenvalue weighted by Gasteiger charge is 1.96. The summed E-state index contributed by atoms with van der Waals surface area (Å²) < 4.78 is 12.4. The molecule has 0 spiro atoms. The van der Waals surface area contributed by atoms with Gasteiger partial charge < -0.3 is 0 Å². The van der Waals surface area contributed by atoms with E-state index in [1.165, 1.54) is 36.1 Å². The van der Waals surface area contributed by atoms with Crippen LogP contribution >= 0.6 is 0 Å². The van der Waals surface area contributed by atoms with Gasteiger partial charge in [-0.15, -0.1) is 0 Å². The van der Waals surface area contributed by atoms with Crippen molar-refractivity contribution in [1.82, 2.24) is 0 Å². The first-order valence-corrected chi connectivity index (χ1v) is 8.25. The molecule has 0 unspecified atom stereocenters. The maximum atomic E-state index is 12.4. The van der Waals surface area contributed by atoms with Crippen molar-refractivity contribution in [1.29, 1.82) is 0 Å². The number of aryl methyl sites for hydroxylation is 1. The van der Waals surface area contributed by atoms with Gasteiger partial charge in [0.25, 0.3) is 0 Å². The second-order valence-electron chi connectivity index (χ2n) is 6.64. The molecule has 22 heavy (non-hydrogen) atoms. The molecule has 0 fully saturated rings. The lowest BCUT2D eigenvalue weighted by Gasteiger charge is -2.03. The highest BCUT2D eigenvalue weighted by molar-refractivity contribution is 5.16. The molecule has 0 N–H and O–H groups in total. The number of halogens is 1. The predicted octanol–water partition coefficient (Wildman–Crippen LogP) is 6.30. The molecule has 0 saturated carbocycles. The van der Waals surface area contributed by atoms with Crippen LogP contribution in [-0.2, 0) is 12.8 Å². The molecule has 0 atom stereocenters. The summed E-state index contributed by atoms with van der Waals surface area (Å²) in [6.07, 6.45) is 3.54. The molecule has 120 valence electrons. The zero-order valence-corrected chi connectivity index (χ0v) is 14.4. The van der Waals surface area contributed by atoms with Crippen molar-refractivity contribution in [2.75, 3.05) is 0 Å². The Balaban J connectivity index is 0.000000220. The third kappa shape index (κ3) is 8.61. The monoisotopic (exact) mass is 300 g/mol. The molecule has 0 bridgehead atoms. The topological polar surface area (TPSA) is 0 Å². The van der Waals surface area contributed by atoms with Gasteiger partial charge in [-0.05, 0) is 54.4 Å². The Hall–Kier alpha value is -1.63. The molecule has 0 heterocycles. The van der Waals surface area contributed by atoms with Crippen LogP contribution in [0.5, 0.6) is 0 Å². The summed E-state index contributed by atoms with van der Waals surface area (Å²) in [5.41, 5.74) is 2.67. The Morgan fingerprint density at radius 3 is 1.82 bits per heavy atom. The Bertz CT molecular complexity index is 497. The van der Waals surface area contributed by atoms with Crippen molar-refractivity contribution in [3.05, 3.63) is 71.5 Å². The van der Waals surface area contributed by atoms with Gasteiger partial charge in [-0.2, -0.15) is 0 Å². The van der Waals surface area contributed by atoms with E-state index in [0.29, 0.717) is 5.92 Å². The highest BCUT2D eigenvalue weighted by Crippen LogP contribution is 2.09. The third-order valence-corrected chi connectivity index (χ3v) is 3.41. The summed E-state index contributed by atoms with van der Waals surface area (Å²) in [7, 11) is 0. The van der Waals surface area contributed by atoms with Crippen LogP contribution in [-0.4, -0.2) is 0 Å². The summed E-state index contributed by atoms with van der Waals surface area (Å²) in [6.45, 7) is 8.85. The van der Waals surface area contributed by atoms with Gasteiger partial charge in [0, 0.05) is 0 Å². The van der Waals surface area contributed by atoms with Crippen LogP contribution in [0.2, 0.25) is 0 Å². The van der Waals surface area contributed by atoms with Crippen molar-refractivity contribution in [3.8, 4) is 0 Å². The summed E-state index contributed by atoms with van der Waals surface area (Å²) in [6, 6.07) is 17.4. The molecule has 1 heteroatoms. The first-order valence-electron chi connectivity index (χ1n) is 8.25. The van der Waals surface area contributed by atoms with Crippen LogP contribution in [0.1, 0.15) is 45.2 Å². The minimum Gasteiger partial charge on any atom is -0.207 e. The molecule has 2 aromatic carbocycles. The van der Waals surface area contributed by atoms with Crippen molar-refractivity contribution in [2.24, 2.45) is 11.8 Å². The second kappa shape index (κ2) is 10.2. The van der Waals surface area contributed by atoms with Crippen molar-refractivity contribution in [2.45, 2.75) is 47.0 Å². The van der Waals surface area contributed by atoms with E-state index in [-0.39, 0.29) is 5.82 Å². The molecule has 0 aliphatic carbocycles. The Morgan fingerprint density at radius 1 is 0.727 bits per heavy atom. The van der Waals surface area contributed by atoms with Gasteiger partial charge in [0.2, 0.25) is 0 Å². The summed E-state index contributed by atoms with van der Waals surface area (Å²) >= 11 is 0. The molecular weight excluding hydrogens is 271 g/mol. The quantitative estimate of drug-likeness (QED) is 0.608. The van der Waals surface area contributed by atoms with Crippen LogP contribution in [0.15, 0.2) is 54.6 Å². The standard InChI is InChI=1S/C11H16.C10H13F/c1-10(2)8-9-11-6-4-3-5-7-11;1-8(2)7-9-3-5-10(11)6-4-9/h3-7,10H,8-9H2,1-2H3;3-6,8H,7H2,1-2H3. The van der Waals surface area contributed by atoms with Crippen LogP contribution in [0.25, 0.3) is 0 Å². The van der Waals surface area contributed by atoms with Gasteiger partial charge in [0.1, 0.15) is 5.82 Å². The summed E-state index contributed by atoms with van der Waals surface area (Å²) in [4.78, 5) is 0. The van der Waals surface area contributed by atoms with Gasteiger partial charge in [0.05, 0.1) is 0 Å². The number of benzene rings is 2. The van der Waals surface area contributed by atoms with Crippen molar-refractivity contribution < 1.29 is 4.39 Å². The molecule has 0 amide bonds. The van der Waals surface area contributed by atoms with Gasteiger partial charge in [-0.25, -0.2) is 4.39 Å². The zero-order valence-electron chi connectivity index (χ0n) is 14.4. The Labute approximate surface area is 135 Å². The maximum Gasteiger partial charge on any atom is 0.123 e. The molecule has 0 nitrogen and oxygen atoms in total.